The molecule has 4 aliphatic rings. The summed E-state index contributed by atoms with van der Waals surface area (Å²) in [6, 6.07) is 30.7. The molecule has 1 N–H and O–H groups in total. The highest BCUT2D eigenvalue weighted by Crippen LogP contribution is 2.71. The number of cyclic esters (lactones) is 1. The maximum atomic E-state index is 15.2. The first kappa shape index (κ1) is 31.1. The van der Waals surface area contributed by atoms with Crippen LogP contribution in [0, 0.1) is 5.41 Å². The number of carbonyl (C=O) groups is 2. The Bertz CT molecular complexity index is 1870. The standard InChI is InChI=1S/C39H35BrCl2N2O3/c1-37(2)15-17-38(18-16-37)39(29-14-13-27(41)22-30(29)43-36(39)46)31(25-19-26(40)21-28(42)20-25)33-35(45)47-34(24-11-7-4-8-12-24)32(44(33)38)23-9-5-3-6-10-23/h3-14,19-22,31-34H,15-18H2,1-2H3,(H,43,46)/t31-,32+,33+,34-,39-/m0/s1. The van der Waals surface area contributed by atoms with E-state index in [4.69, 9.17) is 27.9 Å². The molecule has 8 heteroatoms. The van der Waals surface area contributed by atoms with Crippen LogP contribution in [0.15, 0.2) is 102 Å². The van der Waals surface area contributed by atoms with Gasteiger partial charge in [0.25, 0.3) is 0 Å². The Morgan fingerprint density at radius 2 is 1.43 bits per heavy atom. The summed E-state index contributed by atoms with van der Waals surface area (Å²) in [4.78, 5) is 32.6. The molecule has 3 aliphatic heterocycles. The number of hydrogen-bond acceptors (Lipinski definition) is 4. The van der Waals surface area contributed by atoms with Crippen LogP contribution in [0.3, 0.4) is 0 Å². The highest BCUT2D eigenvalue weighted by molar-refractivity contribution is 9.10. The van der Waals surface area contributed by atoms with E-state index in [-0.39, 0.29) is 23.3 Å². The van der Waals surface area contributed by atoms with Crippen molar-refractivity contribution in [3.8, 4) is 0 Å². The smallest absolute Gasteiger partial charge is 0.324 e. The maximum absolute atomic E-state index is 15.2. The number of rotatable bonds is 3. The molecule has 2 spiro atoms. The number of carbonyl (C=O) groups excluding carboxylic acids is 2. The number of nitrogens with one attached hydrogen (secondary N) is 1. The molecule has 240 valence electrons. The normalized spacial score (nSPS) is 29.0. The number of nitrogens with zero attached hydrogens (tertiary/aromatic N) is 1. The van der Waals surface area contributed by atoms with Crippen molar-refractivity contribution < 1.29 is 14.3 Å². The van der Waals surface area contributed by atoms with E-state index in [2.05, 4.69) is 52.1 Å². The third kappa shape index (κ3) is 4.58. The van der Waals surface area contributed by atoms with Gasteiger partial charge in [0.1, 0.15) is 17.6 Å². The van der Waals surface area contributed by atoms with Gasteiger partial charge in [-0.15, -0.1) is 0 Å². The van der Waals surface area contributed by atoms with Gasteiger partial charge in [0, 0.05) is 31.7 Å². The second-order valence-electron chi connectivity index (χ2n) is 14.3. The summed E-state index contributed by atoms with van der Waals surface area (Å²) >= 11 is 17.0. The molecule has 0 radical (unpaired) electrons. The lowest BCUT2D eigenvalue weighted by molar-refractivity contribution is -0.184. The van der Waals surface area contributed by atoms with Gasteiger partial charge in [-0.3, -0.25) is 14.5 Å². The first-order valence-corrected chi connectivity index (χ1v) is 17.8. The van der Waals surface area contributed by atoms with Crippen molar-refractivity contribution in [2.24, 2.45) is 5.41 Å². The van der Waals surface area contributed by atoms with Crippen LogP contribution >= 0.6 is 39.1 Å². The average Bonchev–Trinajstić information content (AvgIpc) is 3.48. The molecule has 8 rings (SSSR count). The van der Waals surface area contributed by atoms with E-state index in [0.29, 0.717) is 15.7 Å². The van der Waals surface area contributed by atoms with E-state index in [1.54, 1.807) is 0 Å². The number of fused-ring (bicyclic) bond motifs is 5. The predicted octanol–water partition coefficient (Wildman–Crippen LogP) is 9.79. The van der Waals surface area contributed by atoms with Crippen LogP contribution in [-0.2, 0) is 19.7 Å². The van der Waals surface area contributed by atoms with Gasteiger partial charge in [0.15, 0.2) is 0 Å². The highest BCUT2D eigenvalue weighted by Gasteiger charge is 2.78. The van der Waals surface area contributed by atoms with E-state index < -0.39 is 29.0 Å². The molecular weight excluding hydrogens is 695 g/mol. The number of esters is 1. The number of morpholine rings is 1. The van der Waals surface area contributed by atoms with Gasteiger partial charge in [-0.25, -0.2) is 0 Å². The largest absolute Gasteiger partial charge is 0.454 e. The van der Waals surface area contributed by atoms with Crippen LogP contribution in [0.2, 0.25) is 10.0 Å². The first-order chi connectivity index (χ1) is 22.6. The van der Waals surface area contributed by atoms with E-state index in [1.807, 2.05) is 84.9 Å². The van der Waals surface area contributed by atoms with E-state index >= 15 is 4.79 Å². The third-order valence-corrected chi connectivity index (χ3v) is 12.2. The Labute approximate surface area is 293 Å². The fourth-order valence-electron chi connectivity index (χ4n) is 9.39. The van der Waals surface area contributed by atoms with Gasteiger partial charge < -0.3 is 10.1 Å². The minimum absolute atomic E-state index is 0.0778. The molecule has 47 heavy (non-hydrogen) atoms. The van der Waals surface area contributed by atoms with Gasteiger partial charge in [0.2, 0.25) is 5.91 Å². The van der Waals surface area contributed by atoms with Crippen molar-refractivity contribution in [2.45, 2.75) is 74.6 Å². The van der Waals surface area contributed by atoms with E-state index in [1.165, 1.54) is 0 Å². The van der Waals surface area contributed by atoms with Crippen molar-refractivity contribution in [3.05, 3.63) is 134 Å². The molecule has 5 nitrogen and oxygen atoms in total. The summed E-state index contributed by atoms with van der Waals surface area (Å²) in [5.41, 5.74) is 2.54. The Kier molecular flexibility index (Phi) is 7.42. The molecule has 0 bridgehead atoms. The summed E-state index contributed by atoms with van der Waals surface area (Å²) < 4.78 is 7.39. The summed E-state index contributed by atoms with van der Waals surface area (Å²) in [7, 11) is 0. The quantitative estimate of drug-likeness (QED) is 0.214. The summed E-state index contributed by atoms with van der Waals surface area (Å²) in [5, 5.41) is 4.34. The first-order valence-electron chi connectivity index (χ1n) is 16.2. The number of amides is 1. The number of anilines is 1. The fourth-order valence-corrected chi connectivity index (χ4v) is 10.4. The van der Waals surface area contributed by atoms with Crippen LogP contribution < -0.4 is 5.32 Å². The lowest BCUT2D eigenvalue weighted by Gasteiger charge is -2.57. The molecule has 4 aromatic carbocycles. The van der Waals surface area contributed by atoms with Crippen LogP contribution in [0.25, 0.3) is 0 Å². The van der Waals surface area contributed by atoms with Gasteiger partial charge in [-0.2, -0.15) is 0 Å². The third-order valence-electron chi connectivity index (χ3n) is 11.3. The SMILES string of the molecule is CC1(C)CCC2(CC1)N1[C@H](c3ccccc3)[C@H](c3ccccc3)OC(=O)[C@H]1[C@H](c1cc(Cl)cc(Br)c1)[C@@]21C(=O)Nc2cc(Cl)ccc21. The Hall–Kier alpha value is -3.16. The second-order valence-corrected chi connectivity index (χ2v) is 16.1. The minimum atomic E-state index is -1.14. The molecule has 1 aliphatic carbocycles. The van der Waals surface area contributed by atoms with Crippen molar-refractivity contribution in [2.75, 3.05) is 5.32 Å². The highest BCUT2D eigenvalue weighted by atomic mass is 79.9. The van der Waals surface area contributed by atoms with Crippen molar-refractivity contribution in [1.29, 1.82) is 0 Å². The second kappa shape index (κ2) is 11.2. The molecule has 3 fully saturated rings. The molecular formula is C39H35BrCl2N2O3. The number of halogens is 3. The van der Waals surface area contributed by atoms with Gasteiger partial charge in [-0.05, 0) is 83.7 Å². The van der Waals surface area contributed by atoms with Gasteiger partial charge >= 0.3 is 5.97 Å². The summed E-state index contributed by atoms with van der Waals surface area (Å²) in [6.07, 6.45) is 2.66. The maximum Gasteiger partial charge on any atom is 0.324 e. The van der Waals surface area contributed by atoms with Gasteiger partial charge in [-0.1, -0.05) is 120 Å². The van der Waals surface area contributed by atoms with Crippen LogP contribution in [0.1, 0.15) is 79.8 Å². The molecule has 4 aromatic rings. The summed E-state index contributed by atoms with van der Waals surface area (Å²) in [5.74, 6) is -1.04. The number of hydrogen-bond donors (Lipinski definition) is 1. The topological polar surface area (TPSA) is 58.6 Å². The molecule has 1 amide bonds. The molecule has 2 saturated heterocycles. The summed E-state index contributed by atoms with van der Waals surface area (Å²) in [6.45, 7) is 4.61. The molecule has 5 atom stereocenters. The zero-order valence-corrected chi connectivity index (χ0v) is 29.3. The lowest BCUT2D eigenvalue weighted by Crippen LogP contribution is -2.64. The van der Waals surface area contributed by atoms with E-state index in [9.17, 15) is 4.79 Å². The van der Waals surface area contributed by atoms with Crippen LogP contribution in [0.5, 0.6) is 0 Å². The fraction of sp³-hybridized carbons (Fsp3) is 0.333. The van der Waals surface area contributed by atoms with Crippen LogP contribution in [0.4, 0.5) is 5.69 Å². The monoisotopic (exact) mass is 728 g/mol. The van der Waals surface area contributed by atoms with Crippen molar-refractivity contribution >= 4 is 56.7 Å². The number of ether oxygens (including phenoxy) is 1. The zero-order valence-electron chi connectivity index (χ0n) is 26.2. The Balaban J connectivity index is 1.48. The van der Waals surface area contributed by atoms with Gasteiger partial charge in [0.05, 0.1) is 6.04 Å². The van der Waals surface area contributed by atoms with Crippen molar-refractivity contribution in [3.63, 3.8) is 0 Å². The zero-order chi connectivity index (χ0) is 32.7. The Morgan fingerprint density at radius 3 is 2.09 bits per heavy atom. The molecule has 0 unspecified atom stereocenters. The number of benzene rings is 4. The van der Waals surface area contributed by atoms with Crippen molar-refractivity contribution in [1.82, 2.24) is 4.90 Å². The Morgan fingerprint density at radius 1 is 0.766 bits per heavy atom. The predicted molar refractivity (Wildman–Crippen MR) is 189 cm³/mol. The van der Waals surface area contributed by atoms with Crippen LogP contribution in [-0.4, -0.2) is 28.4 Å². The minimum Gasteiger partial charge on any atom is -0.454 e. The van der Waals surface area contributed by atoms with E-state index in [0.717, 1.165) is 52.4 Å². The molecule has 0 aromatic heterocycles. The molecule has 3 heterocycles. The lowest BCUT2D eigenvalue weighted by atomic mass is 9.53. The average molecular weight is 731 g/mol. The molecule has 1 saturated carbocycles.